The average molecular weight is 800 g/mol. The summed E-state index contributed by atoms with van der Waals surface area (Å²) in [5.41, 5.74) is 5.68. The number of benzene rings is 2. The first-order chi connectivity index (χ1) is 28.6. The summed E-state index contributed by atoms with van der Waals surface area (Å²) < 4.78 is 20.3. The average Bonchev–Trinajstić information content (AvgIpc) is 3.63. The quantitative estimate of drug-likeness (QED) is 0.126. The fourth-order valence-electron chi connectivity index (χ4n) is 8.33. The highest BCUT2D eigenvalue weighted by Crippen LogP contribution is 2.34. The lowest BCUT2D eigenvalue weighted by Crippen LogP contribution is -2.54. The maximum absolute atomic E-state index is 13.2. The van der Waals surface area contributed by atoms with Crippen molar-refractivity contribution in [3.05, 3.63) is 84.3 Å². The number of fused-ring (bicyclic) bond motifs is 4. The van der Waals surface area contributed by atoms with Crippen LogP contribution in [0.2, 0.25) is 0 Å². The molecule has 15 heteroatoms. The molecule has 1 atom stereocenters. The van der Waals surface area contributed by atoms with E-state index in [-0.39, 0.29) is 48.2 Å². The number of nitrogens with one attached hydrogen (secondary N) is 1. The minimum atomic E-state index is -0.997. The predicted octanol–water partition coefficient (Wildman–Crippen LogP) is 4.26. The van der Waals surface area contributed by atoms with Gasteiger partial charge >= 0.3 is 0 Å². The van der Waals surface area contributed by atoms with Gasteiger partial charge in [0.2, 0.25) is 23.6 Å². The van der Waals surface area contributed by atoms with Gasteiger partial charge in [0.1, 0.15) is 12.1 Å². The molecule has 1 aliphatic carbocycles. The summed E-state index contributed by atoms with van der Waals surface area (Å²) in [6.45, 7) is 2.58. The maximum Gasteiger partial charge on any atom is 0.262 e. The van der Waals surface area contributed by atoms with E-state index >= 15 is 0 Å². The Morgan fingerprint density at radius 3 is 2.44 bits per heavy atom. The summed E-state index contributed by atoms with van der Waals surface area (Å²) in [6.07, 6.45) is 8.49. The van der Waals surface area contributed by atoms with Crippen molar-refractivity contribution in [3.63, 3.8) is 0 Å². The fourth-order valence-corrected chi connectivity index (χ4v) is 8.33. The molecule has 0 spiro atoms. The standard InChI is InChI=1S/C44H45N7O8/c1-48(15-17-58-31-24-50(25-31)28-7-9-33-34(19-28)44(56)51(43(33)55)37-10-11-39(52)47-42(37)54)41(53)4-3-16-57-29-20-30(21-29)59-40-12-6-27(22-46-40)26-5-8-32-35-23-45-14-13-36(35)49(2)38(32)18-26/h5-9,12-14,18-19,22-23,29-31,37H,3-4,10-11,15-17,20-21,24-25H2,1-2H3,(H,47,52,54). The Hall–Kier alpha value is -6.19. The molecule has 9 rings (SSSR count). The Balaban J connectivity index is 0.642. The molecule has 5 aromatic rings. The first-order valence-corrected chi connectivity index (χ1v) is 20.1. The molecule has 2 aromatic carbocycles. The van der Waals surface area contributed by atoms with Crippen LogP contribution in [0.15, 0.2) is 73.2 Å². The highest BCUT2D eigenvalue weighted by Gasteiger charge is 2.45. The lowest BCUT2D eigenvalue weighted by Gasteiger charge is -2.41. The number of carbonyl (C=O) groups excluding carboxylic acids is 5. The summed E-state index contributed by atoms with van der Waals surface area (Å²) >= 11 is 0. The second kappa shape index (κ2) is 15.9. The van der Waals surface area contributed by atoms with Crippen LogP contribution >= 0.6 is 0 Å². The van der Waals surface area contributed by atoms with Gasteiger partial charge in [0.25, 0.3) is 11.8 Å². The molecule has 2 saturated heterocycles. The number of hydrogen-bond donors (Lipinski definition) is 1. The van der Waals surface area contributed by atoms with E-state index < -0.39 is 29.7 Å². The number of amides is 5. The van der Waals surface area contributed by atoms with Gasteiger partial charge in [-0.2, -0.15) is 0 Å². The van der Waals surface area contributed by atoms with Crippen LogP contribution in [0.3, 0.4) is 0 Å². The summed E-state index contributed by atoms with van der Waals surface area (Å²) in [4.78, 5) is 76.4. The van der Waals surface area contributed by atoms with Crippen molar-refractivity contribution in [2.45, 2.75) is 62.9 Å². The zero-order valence-corrected chi connectivity index (χ0v) is 33.0. The minimum absolute atomic E-state index is 0.0296. The van der Waals surface area contributed by atoms with E-state index in [0.29, 0.717) is 51.6 Å². The Morgan fingerprint density at radius 2 is 1.64 bits per heavy atom. The molecule has 1 saturated carbocycles. The smallest absolute Gasteiger partial charge is 0.262 e. The van der Waals surface area contributed by atoms with Gasteiger partial charge in [0, 0.05) is 118 Å². The van der Waals surface area contributed by atoms with E-state index in [2.05, 4.69) is 45.1 Å². The molecule has 59 heavy (non-hydrogen) atoms. The molecule has 3 fully saturated rings. The zero-order chi connectivity index (χ0) is 40.8. The van der Waals surface area contributed by atoms with Crippen LogP contribution in [0.4, 0.5) is 5.69 Å². The van der Waals surface area contributed by atoms with Gasteiger partial charge in [-0.15, -0.1) is 0 Å². The van der Waals surface area contributed by atoms with E-state index in [1.54, 1.807) is 30.1 Å². The van der Waals surface area contributed by atoms with E-state index in [4.69, 9.17) is 14.2 Å². The second-order valence-corrected chi connectivity index (χ2v) is 15.8. The number of ether oxygens (including phenoxy) is 3. The molecule has 0 radical (unpaired) electrons. The monoisotopic (exact) mass is 799 g/mol. The summed E-state index contributed by atoms with van der Waals surface area (Å²) in [6, 6.07) is 16.5. The largest absolute Gasteiger partial charge is 0.474 e. The Labute approximate surface area is 340 Å². The van der Waals surface area contributed by atoms with Crippen LogP contribution in [-0.4, -0.2) is 118 Å². The Morgan fingerprint density at radius 1 is 0.847 bits per heavy atom. The van der Waals surface area contributed by atoms with E-state index in [9.17, 15) is 24.0 Å². The molecule has 3 aromatic heterocycles. The zero-order valence-electron chi connectivity index (χ0n) is 33.0. The highest BCUT2D eigenvalue weighted by atomic mass is 16.5. The number of imide groups is 2. The van der Waals surface area contributed by atoms with Gasteiger partial charge < -0.3 is 28.6 Å². The molecule has 15 nitrogen and oxygen atoms in total. The number of nitrogens with zero attached hydrogens (tertiary/aromatic N) is 6. The number of likely N-dealkylation sites (N-methyl/N-ethyl adjacent to an activating group) is 1. The lowest BCUT2D eigenvalue weighted by atomic mass is 9.92. The topological polar surface area (TPSA) is 166 Å². The normalized spacial score (nSPS) is 20.5. The van der Waals surface area contributed by atoms with E-state index in [1.165, 1.54) is 5.39 Å². The first kappa shape index (κ1) is 38.3. The van der Waals surface area contributed by atoms with Gasteiger partial charge in [-0.1, -0.05) is 12.1 Å². The molecular weight excluding hydrogens is 755 g/mol. The van der Waals surface area contributed by atoms with Gasteiger partial charge in [0.05, 0.1) is 35.5 Å². The van der Waals surface area contributed by atoms with Crippen molar-refractivity contribution >= 4 is 57.0 Å². The molecule has 6 heterocycles. The van der Waals surface area contributed by atoms with Crippen LogP contribution < -0.4 is 15.0 Å². The molecule has 304 valence electrons. The number of aryl methyl sites for hydroxylation is 1. The number of anilines is 1. The maximum atomic E-state index is 13.2. The third-order valence-corrected chi connectivity index (χ3v) is 11.9. The van der Waals surface area contributed by atoms with Crippen LogP contribution in [0.1, 0.15) is 59.2 Å². The third kappa shape index (κ3) is 7.51. The first-order valence-electron chi connectivity index (χ1n) is 20.1. The van der Waals surface area contributed by atoms with Gasteiger partial charge in [-0.3, -0.25) is 39.2 Å². The molecule has 5 amide bonds. The molecule has 0 bridgehead atoms. The number of aromatic nitrogens is 3. The number of hydrogen-bond acceptors (Lipinski definition) is 11. The van der Waals surface area contributed by atoms with E-state index in [1.807, 2.05) is 41.7 Å². The number of piperidine rings is 1. The fraction of sp³-hybridized carbons (Fsp3) is 0.386. The second-order valence-electron chi connectivity index (χ2n) is 15.8. The molecular formula is C44H45N7O8. The van der Waals surface area contributed by atoms with E-state index in [0.717, 1.165) is 51.0 Å². The van der Waals surface area contributed by atoms with Gasteiger partial charge in [0.15, 0.2) is 0 Å². The molecule has 1 unspecified atom stereocenters. The van der Waals surface area contributed by atoms with Crippen LogP contribution in [-0.2, 0) is 30.9 Å². The van der Waals surface area contributed by atoms with Crippen molar-refractivity contribution in [1.29, 1.82) is 0 Å². The summed E-state index contributed by atoms with van der Waals surface area (Å²) in [7, 11) is 3.85. The van der Waals surface area contributed by atoms with Crippen molar-refractivity contribution in [3.8, 4) is 17.0 Å². The number of pyridine rings is 2. The van der Waals surface area contributed by atoms with Gasteiger partial charge in [-0.05, 0) is 54.8 Å². The minimum Gasteiger partial charge on any atom is -0.474 e. The lowest BCUT2D eigenvalue weighted by molar-refractivity contribution is -0.136. The SMILES string of the molecule is CN(CCOC1CN(c2ccc3c(c2)C(=O)N(C2CCC(=O)NC2=O)C3=O)C1)C(=O)CCCOC1CC(Oc2ccc(-c3ccc4c5cnccc5n(C)c4c3)cn2)C1. The molecule has 3 aliphatic heterocycles. The Bertz CT molecular complexity index is 2470. The predicted molar refractivity (Wildman–Crippen MR) is 217 cm³/mol. The van der Waals surface area contributed by atoms with Crippen LogP contribution in [0, 0.1) is 0 Å². The van der Waals surface area contributed by atoms with Crippen LogP contribution in [0.5, 0.6) is 5.88 Å². The molecule has 1 N–H and O–H groups in total. The third-order valence-electron chi connectivity index (χ3n) is 11.9. The van der Waals surface area contributed by atoms with Crippen molar-refractivity contribution in [2.24, 2.45) is 7.05 Å². The van der Waals surface area contributed by atoms with Crippen molar-refractivity contribution in [1.82, 2.24) is 29.7 Å². The number of carbonyl (C=O) groups is 5. The summed E-state index contributed by atoms with van der Waals surface area (Å²) in [5.74, 6) is -1.47. The van der Waals surface area contributed by atoms with Crippen molar-refractivity contribution < 1.29 is 38.2 Å². The highest BCUT2D eigenvalue weighted by molar-refractivity contribution is 6.23. The van der Waals surface area contributed by atoms with Crippen LogP contribution in [0.25, 0.3) is 32.9 Å². The number of rotatable bonds is 14. The molecule has 4 aliphatic rings. The van der Waals surface area contributed by atoms with Gasteiger partial charge in [-0.25, -0.2) is 4.98 Å². The Kier molecular flexibility index (Phi) is 10.3. The summed E-state index contributed by atoms with van der Waals surface area (Å²) in [5, 5.41) is 4.53. The van der Waals surface area contributed by atoms with Crippen molar-refractivity contribution in [2.75, 3.05) is 44.8 Å².